The Morgan fingerprint density at radius 3 is 2.59 bits per heavy atom. The van der Waals surface area contributed by atoms with Crippen LogP contribution in [-0.4, -0.2) is 31.1 Å². The highest BCUT2D eigenvalue weighted by molar-refractivity contribution is 5.87. The van der Waals surface area contributed by atoms with Crippen LogP contribution < -0.4 is 9.47 Å². The third-order valence-corrected chi connectivity index (χ3v) is 7.02. The first kappa shape index (κ1) is 26.2. The van der Waals surface area contributed by atoms with Crippen molar-refractivity contribution in [3.63, 3.8) is 0 Å². The lowest BCUT2D eigenvalue weighted by atomic mass is 9.67. The molecule has 0 heterocycles. The summed E-state index contributed by atoms with van der Waals surface area (Å²) in [6, 6.07) is 9.79. The molecule has 2 aromatic rings. The van der Waals surface area contributed by atoms with Gasteiger partial charge in [-0.3, -0.25) is 14.4 Å². The summed E-state index contributed by atoms with van der Waals surface area (Å²) in [5, 5.41) is 3.46. The number of azide groups is 1. The van der Waals surface area contributed by atoms with E-state index in [2.05, 4.69) is 23.0 Å². The summed E-state index contributed by atoms with van der Waals surface area (Å²) in [5.74, 6) is -0.368. The van der Waals surface area contributed by atoms with Gasteiger partial charge in [0.1, 0.15) is 0 Å². The number of benzene rings is 2. The fourth-order valence-electron chi connectivity index (χ4n) is 5.26. The van der Waals surface area contributed by atoms with Gasteiger partial charge in [0.25, 0.3) is 0 Å². The van der Waals surface area contributed by atoms with E-state index in [9.17, 15) is 14.4 Å². The van der Waals surface area contributed by atoms with Crippen LogP contribution in [0.25, 0.3) is 21.6 Å². The van der Waals surface area contributed by atoms with Crippen molar-refractivity contribution in [1.29, 1.82) is 0 Å². The van der Waals surface area contributed by atoms with Gasteiger partial charge in [-0.25, -0.2) is 0 Å². The molecule has 9 heteroatoms. The number of hydrogen-bond acceptors (Lipinski definition) is 7. The van der Waals surface area contributed by atoms with Crippen molar-refractivity contribution in [2.24, 2.45) is 11.0 Å². The summed E-state index contributed by atoms with van der Waals surface area (Å²) in [5.41, 5.74) is 13.8. The molecule has 4 rings (SSSR count). The highest BCUT2D eigenvalue weighted by atomic mass is 16.6. The summed E-state index contributed by atoms with van der Waals surface area (Å²) in [6.45, 7) is 4.39. The SMILES string of the molecule is CCOC(=O)CCC(=O)Oc1ccc2c(c1OC(=O)CCCN=[N+]=[N-])-c1cccc3c1[C@@H](C2)C(C)CC3. The fourth-order valence-corrected chi connectivity index (χ4v) is 5.26. The highest BCUT2D eigenvalue weighted by Crippen LogP contribution is 2.53. The predicted octanol–water partition coefficient (Wildman–Crippen LogP) is 5.82. The smallest absolute Gasteiger partial charge is 0.311 e. The molecule has 2 aromatic carbocycles. The Bertz CT molecular complexity index is 1250. The van der Waals surface area contributed by atoms with Gasteiger partial charge in [-0.2, -0.15) is 0 Å². The monoisotopic (exact) mass is 505 g/mol. The molecule has 0 amide bonds. The zero-order valence-corrected chi connectivity index (χ0v) is 21.2. The Morgan fingerprint density at radius 1 is 1.03 bits per heavy atom. The molecule has 0 saturated carbocycles. The Hall–Kier alpha value is -3.84. The highest BCUT2D eigenvalue weighted by Gasteiger charge is 2.36. The average molecular weight is 506 g/mol. The van der Waals surface area contributed by atoms with Crippen LogP contribution in [0.1, 0.15) is 68.6 Å². The maximum atomic E-state index is 12.8. The van der Waals surface area contributed by atoms with E-state index in [4.69, 9.17) is 19.7 Å². The summed E-state index contributed by atoms with van der Waals surface area (Å²) < 4.78 is 16.4. The van der Waals surface area contributed by atoms with E-state index in [1.54, 1.807) is 13.0 Å². The molecule has 0 aliphatic heterocycles. The first-order chi connectivity index (χ1) is 17.9. The van der Waals surface area contributed by atoms with Crippen LogP contribution in [-0.2, 0) is 32.0 Å². The number of rotatable bonds is 10. The van der Waals surface area contributed by atoms with Gasteiger partial charge in [0.2, 0.25) is 0 Å². The Morgan fingerprint density at radius 2 is 1.81 bits per heavy atom. The van der Waals surface area contributed by atoms with Crippen LogP contribution in [0.3, 0.4) is 0 Å². The molecule has 194 valence electrons. The predicted molar refractivity (Wildman–Crippen MR) is 136 cm³/mol. The summed E-state index contributed by atoms with van der Waals surface area (Å²) in [7, 11) is 0. The topological polar surface area (TPSA) is 128 Å². The van der Waals surface area contributed by atoms with Gasteiger partial charge in [-0.1, -0.05) is 36.3 Å². The standard InChI is InChI=1S/C28H31N3O6/c1-3-35-23(32)13-14-25(34)36-22-12-11-19-16-21-17(2)9-10-18-6-4-7-20(26(18)21)27(19)28(22)37-24(33)8-5-15-30-31-29/h4,6-7,11-12,17,21H,3,5,8-10,13-16H2,1-2H3/t17?,21-/m0/s1. The number of nitrogens with zero attached hydrogens (tertiary/aromatic N) is 3. The molecule has 0 bridgehead atoms. The van der Waals surface area contributed by atoms with Crippen LogP contribution in [0.5, 0.6) is 11.5 Å². The second-order valence-electron chi connectivity index (χ2n) is 9.44. The van der Waals surface area contributed by atoms with Gasteiger partial charge in [-0.15, -0.1) is 0 Å². The van der Waals surface area contributed by atoms with Gasteiger partial charge in [0.15, 0.2) is 11.5 Å². The van der Waals surface area contributed by atoms with Gasteiger partial charge in [0, 0.05) is 23.4 Å². The first-order valence-electron chi connectivity index (χ1n) is 12.8. The molecule has 0 N–H and O–H groups in total. The lowest BCUT2D eigenvalue weighted by molar-refractivity contribution is -0.146. The van der Waals surface area contributed by atoms with Crippen molar-refractivity contribution < 1.29 is 28.6 Å². The fraction of sp³-hybridized carbons (Fsp3) is 0.464. The molecule has 0 fully saturated rings. The van der Waals surface area contributed by atoms with Crippen LogP contribution >= 0.6 is 0 Å². The number of aryl methyl sites for hydroxylation is 1. The summed E-state index contributed by atoms with van der Waals surface area (Å²) in [6.07, 6.45) is 3.05. The normalized spacial score (nSPS) is 17.0. The molecule has 0 saturated heterocycles. The number of carbonyl (C=O) groups is 3. The number of fused-ring (bicyclic) bond motifs is 2. The van der Waals surface area contributed by atoms with Crippen molar-refractivity contribution in [1.82, 2.24) is 0 Å². The van der Waals surface area contributed by atoms with Gasteiger partial charge >= 0.3 is 17.9 Å². The zero-order chi connectivity index (χ0) is 26.4. The van der Waals surface area contributed by atoms with Crippen molar-refractivity contribution in [2.75, 3.05) is 13.2 Å². The van der Waals surface area contributed by atoms with Crippen molar-refractivity contribution >= 4 is 17.9 Å². The summed E-state index contributed by atoms with van der Waals surface area (Å²) in [4.78, 5) is 39.8. The molecule has 37 heavy (non-hydrogen) atoms. The van der Waals surface area contributed by atoms with Crippen LogP contribution in [0.4, 0.5) is 0 Å². The van der Waals surface area contributed by atoms with E-state index in [0.29, 0.717) is 18.3 Å². The van der Waals surface area contributed by atoms with E-state index in [1.165, 1.54) is 11.1 Å². The van der Waals surface area contributed by atoms with E-state index in [0.717, 1.165) is 36.0 Å². The van der Waals surface area contributed by atoms with Crippen LogP contribution in [0, 0.1) is 5.92 Å². The molecule has 1 unspecified atom stereocenters. The lowest BCUT2D eigenvalue weighted by Gasteiger charge is -2.38. The Labute approximate surface area is 215 Å². The van der Waals surface area contributed by atoms with E-state index < -0.39 is 17.9 Å². The molecular formula is C28H31N3O6. The third-order valence-electron chi connectivity index (χ3n) is 7.02. The van der Waals surface area contributed by atoms with Gasteiger partial charge in [-0.05, 0) is 78.3 Å². The van der Waals surface area contributed by atoms with E-state index in [1.807, 2.05) is 18.2 Å². The van der Waals surface area contributed by atoms with Gasteiger partial charge < -0.3 is 14.2 Å². The Balaban J connectivity index is 1.69. The van der Waals surface area contributed by atoms with Crippen LogP contribution in [0.15, 0.2) is 35.4 Å². The molecule has 0 spiro atoms. The minimum Gasteiger partial charge on any atom is -0.466 e. The number of esters is 3. The molecule has 9 nitrogen and oxygen atoms in total. The summed E-state index contributed by atoms with van der Waals surface area (Å²) >= 11 is 0. The minimum atomic E-state index is -0.619. The average Bonchev–Trinajstić information content (AvgIpc) is 2.89. The number of hydrogen-bond donors (Lipinski definition) is 0. The van der Waals surface area contributed by atoms with E-state index >= 15 is 0 Å². The lowest BCUT2D eigenvalue weighted by Crippen LogP contribution is -2.25. The number of carbonyl (C=O) groups excluding carboxylic acids is 3. The largest absolute Gasteiger partial charge is 0.466 e. The molecule has 0 aromatic heterocycles. The molecule has 2 aliphatic carbocycles. The molecule has 2 aliphatic rings. The van der Waals surface area contributed by atoms with Crippen molar-refractivity contribution in [2.45, 2.75) is 64.7 Å². The zero-order valence-electron chi connectivity index (χ0n) is 21.2. The number of ether oxygens (including phenoxy) is 3. The van der Waals surface area contributed by atoms with Crippen molar-refractivity contribution in [3.8, 4) is 22.6 Å². The second-order valence-corrected chi connectivity index (χ2v) is 9.44. The first-order valence-corrected chi connectivity index (χ1v) is 12.8. The molecular weight excluding hydrogens is 474 g/mol. The minimum absolute atomic E-state index is 0.0471. The van der Waals surface area contributed by atoms with E-state index in [-0.39, 0.29) is 43.9 Å². The van der Waals surface area contributed by atoms with Gasteiger partial charge in [0.05, 0.1) is 19.4 Å². The third kappa shape index (κ3) is 5.94. The molecule has 2 atom stereocenters. The Kier molecular flexibility index (Phi) is 8.46. The quantitative estimate of drug-likeness (QED) is 0.0999. The van der Waals surface area contributed by atoms with Crippen molar-refractivity contribution in [3.05, 3.63) is 57.5 Å². The molecule has 0 radical (unpaired) electrons. The second kappa shape index (κ2) is 11.9. The van der Waals surface area contributed by atoms with Crippen LogP contribution in [0.2, 0.25) is 0 Å². The maximum Gasteiger partial charge on any atom is 0.311 e. The maximum absolute atomic E-state index is 12.8.